The number of methoxy groups -OCH3 is 1. The molecule has 14 heavy (non-hydrogen) atoms. The van der Waals surface area contributed by atoms with Crippen molar-refractivity contribution in [2.24, 2.45) is 0 Å². The van der Waals surface area contributed by atoms with Crippen LogP contribution in [0, 0.1) is 0 Å². The van der Waals surface area contributed by atoms with Crippen LogP contribution in [0.5, 0.6) is 0 Å². The van der Waals surface area contributed by atoms with Crippen LogP contribution in [0.25, 0.3) is 0 Å². The third kappa shape index (κ3) is 9.88. The molecule has 0 aromatic heterocycles. The molecule has 0 aliphatic rings. The second kappa shape index (κ2) is 9.36. The van der Waals surface area contributed by atoms with Gasteiger partial charge in [-0.2, -0.15) is 5.48 Å². The summed E-state index contributed by atoms with van der Waals surface area (Å²) in [7, 11) is 1.61. The van der Waals surface area contributed by atoms with E-state index >= 15 is 0 Å². The second-order valence-corrected chi connectivity index (χ2v) is 3.23. The topological polar surface area (TPSA) is 60.0 Å². The summed E-state index contributed by atoms with van der Waals surface area (Å²) in [6.45, 7) is 5.53. The molecule has 0 rings (SSSR count). The lowest BCUT2D eigenvalue weighted by Crippen LogP contribution is -2.32. The Labute approximate surface area is 85.3 Å². The van der Waals surface area contributed by atoms with E-state index in [1.54, 1.807) is 7.11 Å². The van der Waals surface area contributed by atoms with Gasteiger partial charge in [0, 0.05) is 13.7 Å². The molecule has 0 heterocycles. The molecule has 86 valence electrons. The van der Waals surface area contributed by atoms with E-state index in [1.165, 1.54) is 0 Å². The molecule has 1 atom stereocenters. The summed E-state index contributed by atoms with van der Waals surface area (Å²) in [5.41, 5.74) is 2.63. The van der Waals surface area contributed by atoms with Gasteiger partial charge in [0.05, 0.1) is 32.0 Å². The molecule has 0 saturated carbocycles. The molecular formula is C9H21NO4. The fraction of sp³-hybridized carbons (Fsp3) is 1.00. The number of ether oxygens (including phenoxy) is 2. The number of hydrogen-bond acceptors (Lipinski definition) is 5. The highest BCUT2D eigenvalue weighted by molar-refractivity contribution is 4.54. The first-order chi connectivity index (χ1) is 6.66. The molecule has 0 amide bonds. The zero-order valence-electron chi connectivity index (χ0n) is 9.16. The zero-order valence-corrected chi connectivity index (χ0v) is 9.16. The van der Waals surface area contributed by atoms with Gasteiger partial charge in [-0.15, -0.1) is 0 Å². The molecule has 0 fully saturated rings. The molecule has 1 unspecified atom stereocenters. The highest BCUT2D eigenvalue weighted by Gasteiger charge is 2.04. The molecule has 0 bridgehead atoms. The largest absolute Gasteiger partial charge is 0.389 e. The van der Waals surface area contributed by atoms with E-state index < -0.39 is 6.10 Å². The quantitative estimate of drug-likeness (QED) is 0.410. The minimum absolute atomic E-state index is 0.138. The van der Waals surface area contributed by atoms with Crippen molar-refractivity contribution in [3.8, 4) is 0 Å². The van der Waals surface area contributed by atoms with Crippen LogP contribution in [0.3, 0.4) is 0 Å². The number of aliphatic hydroxyl groups excluding tert-OH is 1. The maximum Gasteiger partial charge on any atom is 0.0921 e. The molecule has 2 N–H and O–H groups in total. The van der Waals surface area contributed by atoms with E-state index in [0.29, 0.717) is 26.4 Å². The van der Waals surface area contributed by atoms with Crippen LogP contribution in [0.15, 0.2) is 0 Å². The predicted molar refractivity (Wildman–Crippen MR) is 52.9 cm³/mol. The lowest BCUT2D eigenvalue weighted by Gasteiger charge is -2.13. The normalized spacial score (nSPS) is 13.5. The third-order valence-corrected chi connectivity index (χ3v) is 1.43. The zero-order chi connectivity index (χ0) is 10.8. The van der Waals surface area contributed by atoms with Crippen LogP contribution < -0.4 is 5.48 Å². The van der Waals surface area contributed by atoms with Crippen LogP contribution in [-0.2, 0) is 14.3 Å². The Kier molecular flexibility index (Phi) is 9.23. The van der Waals surface area contributed by atoms with Crippen molar-refractivity contribution in [3.63, 3.8) is 0 Å². The number of nitrogens with one attached hydrogen (secondary N) is 1. The fourth-order valence-corrected chi connectivity index (χ4v) is 0.715. The molecular weight excluding hydrogens is 186 g/mol. The highest BCUT2D eigenvalue weighted by Crippen LogP contribution is 1.90. The first-order valence-corrected chi connectivity index (χ1v) is 4.80. The van der Waals surface area contributed by atoms with Crippen molar-refractivity contribution >= 4 is 0 Å². The van der Waals surface area contributed by atoms with Gasteiger partial charge in [-0.25, -0.2) is 0 Å². The molecule has 0 aliphatic carbocycles. The minimum atomic E-state index is -0.542. The molecule has 0 spiro atoms. The smallest absolute Gasteiger partial charge is 0.0921 e. The summed E-state index contributed by atoms with van der Waals surface area (Å²) in [5, 5.41) is 9.36. The summed E-state index contributed by atoms with van der Waals surface area (Å²) in [4.78, 5) is 4.96. The Morgan fingerprint density at radius 3 is 2.57 bits per heavy atom. The summed E-state index contributed by atoms with van der Waals surface area (Å²) >= 11 is 0. The van der Waals surface area contributed by atoms with Gasteiger partial charge in [-0.1, -0.05) is 0 Å². The summed E-state index contributed by atoms with van der Waals surface area (Å²) in [6.07, 6.45) is -0.404. The monoisotopic (exact) mass is 207 g/mol. The summed E-state index contributed by atoms with van der Waals surface area (Å²) < 4.78 is 9.99. The Bertz CT molecular complexity index is 121. The lowest BCUT2D eigenvalue weighted by atomic mass is 10.4. The minimum Gasteiger partial charge on any atom is -0.389 e. The van der Waals surface area contributed by atoms with Crippen molar-refractivity contribution in [1.29, 1.82) is 0 Å². The van der Waals surface area contributed by atoms with E-state index in [2.05, 4.69) is 5.48 Å². The van der Waals surface area contributed by atoms with Gasteiger partial charge < -0.3 is 14.6 Å². The second-order valence-electron chi connectivity index (χ2n) is 3.23. The van der Waals surface area contributed by atoms with E-state index in [0.717, 1.165) is 0 Å². The highest BCUT2D eigenvalue weighted by atomic mass is 16.7. The molecule has 0 aliphatic heterocycles. The average molecular weight is 207 g/mol. The first kappa shape index (κ1) is 13.8. The Morgan fingerprint density at radius 2 is 2.00 bits per heavy atom. The molecule has 5 nitrogen and oxygen atoms in total. The van der Waals surface area contributed by atoms with E-state index in [1.807, 2.05) is 13.8 Å². The molecule has 0 saturated heterocycles. The lowest BCUT2D eigenvalue weighted by molar-refractivity contribution is -0.0379. The van der Waals surface area contributed by atoms with Crippen molar-refractivity contribution in [2.45, 2.75) is 26.1 Å². The number of hydrogen-bond donors (Lipinski definition) is 2. The Morgan fingerprint density at radius 1 is 1.29 bits per heavy atom. The maximum absolute atomic E-state index is 9.36. The number of rotatable bonds is 9. The van der Waals surface area contributed by atoms with Gasteiger partial charge in [0.1, 0.15) is 0 Å². The van der Waals surface area contributed by atoms with Crippen molar-refractivity contribution < 1.29 is 19.4 Å². The van der Waals surface area contributed by atoms with Crippen molar-refractivity contribution in [2.75, 3.05) is 33.5 Å². The van der Waals surface area contributed by atoms with Crippen LogP contribution in [0.1, 0.15) is 13.8 Å². The van der Waals surface area contributed by atoms with Gasteiger partial charge in [-0.3, -0.25) is 4.84 Å². The molecule has 0 aromatic rings. The predicted octanol–water partition coefficient (Wildman–Crippen LogP) is -0.0601. The van der Waals surface area contributed by atoms with Gasteiger partial charge in [-0.05, 0) is 13.8 Å². The average Bonchev–Trinajstić information content (AvgIpc) is 2.14. The van der Waals surface area contributed by atoms with Crippen LogP contribution in [0.2, 0.25) is 0 Å². The fourth-order valence-electron chi connectivity index (χ4n) is 0.715. The standard InChI is InChI=1S/C9H21NO4/c1-8(2)13-7-9(11)6-10-14-5-4-12-3/h8-11H,4-7H2,1-3H3. The maximum atomic E-state index is 9.36. The van der Waals surface area contributed by atoms with Gasteiger partial charge in [0.25, 0.3) is 0 Å². The molecule has 0 aromatic carbocycles. The summed E-state index contributed by atoms with van der Waals surface area (Å²) in [5.74, 6) is 0. The van der Waals surface area contributed by atoms with Crippen LogP contribution in [-0.4, -0.2) is 50.8 Å². The molecule has 0 radical (unpaired) electrons. The Hall–Kier alpha value is -0.200. The number of aliphatic hydroxyl groups is 1. The first-order valence-electron chi connectivity index (χ1n) is 4.80. The van der Waals surface area contributed by atoms with E-state index in [9.17, 15) is 5.11 Å². The SMILES string of the molecule is COCCONCC(O)COC(C)C. The molecule has 5 heteroatoms. The van der Waals surface area contributed by atoms with Gasteiger partial charge >= 0.3 is 0 Å². The van der Waals surface area contributed by atoms with Gasteiger partial charge in [0.2, 0.25) is 0 Å². The van der Waals surface area contributed by atoms with E-state index in [-0.39, 0.29) is 6.10 Å². The summed E-state index contributed by atoms with van der Waals surface area (Å²) in [6, 6.07) is 0. The Balaban J connectivity index is 3.14. The number of hydroxylamine groups is 1. The van der Waals surface area contributed by atoms with Gasteiger partial charge in [0.15, 0.2) is 0 Å². The van der Waals surface area contributed by atoms with Crippen LogP contribution >= 0.6 is 0 Å². The third-order valence-electron chi connectivity index (χ3n) is 1.43. The van der Waals surface area contributed by atoms with Crippen LogP contribution in [0.4, 0.5) is 0 Å². The van der Waals surface area contributed by atoms with E-state index in [4.69, 9.17) is 14.3 Å². The van der Waals surface area contributed by atoms with Crippen molar-refractivity contribution in [1.82, 2.24) is 5.48 Å². The van der Waals surface area contributed by atoms with Crippen molar-refractivity contribution in [3.05, 3.63) is 0 Å².